The lowest BCUT2D eigenvalue weighted by Crippen LogP contribution is -2.52. The molecule has 1 atom stereocenters. The molecule has 108 valence electrons. The molecule has 4 nitrogen and oxygen atoms in total. The Morgan fingerprint density at radius 3 is 2.90 bits per heavy atom. The fourth-order valence-electron chi connectivity index (χ4n) is 2.74. The van der Waals surface area contributed by atoms with E-state index in [4.69, 9.17) is 0 Å². The lowest BCUT2D eigenvalue weighted by molar-refractivity contribution is 0.0656. The topological polar surface area (TPSA) is 45.2 Å². The third-order valence-corrected chi connectivity index (χ3v) is 3.89. The van der Waals surface area contributed by atoms with Gasteiger partial charge in [0.2, 0.25) is 0 Å². The number of aromatic nitrogens is 1. The molecule has 1 aromatic carbocycles. The van der Waals surface area contributed by atoms with Gasteiger partial charge in [-0.2, -0.15) is 0 Å². The fraction of sp³-hybridized carbons (Fsp3) is 0.294. The van der Waals surface area contributed by atoms with Crippen molar-refractivity contribution in [2.75, 3.05) is 19.6 Å². The molecule has 1 aliphatic rings. The van der Waals surface area contributed by atoms with Crippen LogP contribution in [0.2, 0.25) is 0 Å². The highest BCUT2D eigenvalue weighted by atomic mass is 16.2. The number of carbonyl (C=O) groups excluding carboxylic acids is 1. The van der Waals surface area contributed by atoms with Crippen molar-refractivity contribution in [1.82, 2.24) is 15.2 Å². The Morgan fingerprint density at radius 2 is 2.14 bits per heavy atom. The summed E-state index contributed by atoms with van der Waals surface area (Å²) in [5, 5.41) is 3.31. The molecule has 21 heavy (non-hydrogen) atoms. The number of pyridine rings is 1. The highest BCUT2D eigenvalue weighted by Gasteiger charge is 2.25. The Bertz CT molecular complexity index is 627. The molecule has 2 aromatic rings. The molecule has 0 aliphatic carbocycles. The van der Waals surface area contributed by atoms with E-state index in [1.807, 2.05) is 41.3 Å². The van der Waals surface area contributed by atoms with Crippen molar-refractivity contribution in [2.45, 2.75) is 13.0 Å². The zero-order valence-corrected chi connectivity index (χ0v) is 12.1. The molecular formula is C17H19N3O. The van der Waals surface area contributed by atoms with Gasteiger partial charge in [-0.05, 0) is 24.6 Å². The summed E-state index contributed by atoms with van der Waals surface area (Å²) < 4.78 is 0. The Labute approximate surface area is 124 Å². The summed E-state index contributed by atoms with van der Waals surface area (Å²) in [4.78, 5) is 19.0. The van der Waals surface area contributed by atoms with Crippen molar-refractivity contribution in [3.63, 3.8) is 0 Å². The third kappa shape index (κ3) is 2.81. The molecule has 4 heteroatoms. The fourth-order valence-corrected chi connectivity index (χ4v) is 2.74. The number of nitrogens with one attached hydrogen (secondary N) is 1. The molecule has 0 spiro atoms. The second-order valence-electron chi connectivity index (χ2n) is 5.34. The van der Waals surface area contributed by atoms with E-state index >= 15 is 0 Å². The van der Waals surface area contributed by atoms with E-state index in [9.17, 15) is 4.79 Å². The Kier molecular flexibility index (Phi) is 3.97. The summed E-state index contributed by atoms with van der Waals surface area (Å²) in [6, 6.07) is 11.9. The molecule has 1 N–H and O–H groups in total. The SMILES string of the molecule is CC1CNCCN1C(=O)c1ccccc1-c1cccnc1. The van der Waals surface area contributed by atoms with Crippen LogP contribution in [0.3, 0.4) is 0 Å². The van der Waals surface area contributed by atoms with Crippen LogP contribution >= 0.6 is 0 Å². The molecule has 1 aliphatic heterocycles. The van der Waals surface area contributed by atoms with Gasteiger partial charge in [-0.25, -0.2) is 0 Å². The monoisotopic (exact) mass is 281 g/mol. The Morgan fingerprint density at radius 1 is 1.29 bits per heavy atom. The van der Waals surface area contributed by atoms with Gasteiger partial charge < -0.3 is 10.2 Å². The van der Waals surface area contributed by atoms with E-state index in [0.29, 0.717) is 0 Å². The normalized spacial score (nSPS) is 18.5. The average molecular weight is 281 g/mol. The largest absolute Gasteiger partial charge is 0.333 e. The first-order valence-corrected chi connectivity index (χ1v) is 7.28. The minimum atomic E-state index is 0.100. The highest BCUT2D eigenvalue weighted by molar-refractivity contribution is 6.01. The standard InChI is InChI=1S/C17H19N3O/c1-13-11-19-9-10-20(13)17(21)16-7-3-2-6-15(16)14-5-4-8-18-12-14/h2-8,12-13,19H,9-11H2,1H3. The first-order valence-electron chi connectivity index (χ1n) is 7.28. The van der Waals surface area contributed by atoms with Crippen molar-refractivity contribution >= 4 is 5.91 Å². The van der Waals surface area contributed by atoms with Gasteiger partial charge in [0.1, 0.15) is 0 Å². The van der Waals surface area contributed by atoms with E-state index in [-0.39, 0.29) is 11.9 Å². The van der Waals surface area contributed by atoms with Crippen molar-refractivity contribution in [1.29, 1.82) is 0 Å². The molecule has 1 fully saturated rings. The number of nitrogens with zero attached hydrogens (tertiary/aromatic N) is 2. The van der Waals surface area contributed by atoms with E-state index in [0.717, 1.165) is 36.3 Å². The number of hydrogen-bond acceptors (Lipinski definition) is 3. The molecule has 1 amide bonds. The van der Waals surface area contributed by atoms with Crippen LogP contribution in [0.5, 0.6) is 0 Å². The van der Waals surface area contributed by atoms with Gasteiger partial charge in [0, 0.05) is 49.2 Å². The lowest BCUT2D eigenvalue weighted by Gasteiger charge is -2.34. The van der Waals surface area contributed by atoms with Crippen molar-refractivity contribution in [3.8, 4) is 11.1 Å². The predicted molar refractivity (Wildman–Crippen MR) is 83.0 cm³/mol. The van der Waals surface area contributed by atoms with Gasteiger partial charge in [0.05, 0.1) is 0 Å². The third-order valence-electron chi connectivity index (χ3n) is 3.89. The van der Waals surface area contributed by atoms with Gasteiger partial charge in [0.15, 0.2) is 0 Å². The van der Waals surface area contributed by atoms with Crippen LogP contribution in [-0.2, 0) is 0 Å². The van der Waals surface area contributed by atoms with E-state index in [1.165, 1.54) is 0 Å². The van der Waals surface area contributed by atoms with Crippen molar-refractivity contribution < 1.29 is 4.79 Å². The lowest BCUT2D eigenvalue weighted by atomic mass is 9.99. The van der Waals surface area contributed by atoms with Gasteiger partial charge in [0.25, 0.3) is 5.91 Å². The Hall–Kier alpha value is -2.20. The minimum absolute atomic E-state index is 0.100. The first kappa shape index (κ1) is 13.8. The molecule has 3 rings (SSSR count). The molecule has 1 unspecified atom stereocenters. The maximum Gasteiger partial charge on any atom is 0.254 e. The van der Waals surface area contributed by atoms with Crippen molar-refractivity contribution in [3.05, 3.63) is 54.4 Å². The number of carbonyl (C=O) groups is 1. The zero-order valence-electron chi connectivity index (χ0n) is 12.1. The van der Waals surface area contributed by atoms with Crippen LogP contribution in [0.1, 0.15) is 17.3 Å². The van der Waals surface area contributed by atoms with E-state index in [1.54, 1.807) is 12.4 Å². The molecule has 0 saturated carbocycles. The summed E-state index contributed by atoms with van der Waals surface area (Å²) in [6.07, 6.45) is 3.54. The summed E-state index contributed by atoms with van der Waals surface area (Å²) in [7, 11) is 0. The van der Waals surface area contributed by atoms with Gasteiger partial charge in [-0.1, -0.05) is 24.3 Å². The second kappa shape index (κ2) is 6.06. The summed E-state index contributed by atoms with van der Waals surface area (Å²) in [5.74, 6) is 0.100. The van der Waals surface area contributed by atoms with Crippen LogP contribution < -0.4 is 5.32 Å². The summed E-state index contributed by atoms with van der Waals surface area (Å²) in [6.45, 7) is 4.53. The molecule has 1 saturated heterocycles. The number of piperazine rings is 1. The van der Waals surface area contributed by atoms with Crippen LogP contribution in [-0.4, -0.2) is 41.5 Å². The Balaban J connectivity index is 1.97. The number of amides is 1. The molecule has 2 heterocycles. The molecule has 0 bridgehead atoms. The van der Waals surface area contributed by atoms with Gasteiger partial charge >= 0.3 is 0 Å². The van der Waals surface area contributed by atoms with Crippen molar-refractivity contribution in [2.24, 2.45) is 0 Å². The zero-order chi connectivity index (χ0) is 14.7. The quantitative estimate of drug-likeness (QED) is 0.917. The number of benzene rings is 1. The minimum Gasteiger partial charge on any atom is -0.333 e. The predicted octanol–water partition coefficient (Wildman–Crippen LogP) is 2.18. The van der Waals surface area contributed by atoms with Gasteiger partial charge in [-0.3, -0.25) is 9.78 Å². The van der Waals surface area contributed by atoms with Crippen LogP contribution in [0.15, 0.2) is 48.8 Å². The smallest absolute Gasteiger partial charge is 0.254 e. The van der Waals surface area contributed by atoms with E-state index < -0.39 is 0 Å². The van der Waals surface area contributed by atoms with Crippen LogP contribution in [0.4, 0.5) is 0 Å². The average Bonchev–Trinajstić information content (AvgIpc) is 2.55. The van der Waals surface area contributed by atoms with Crippen LogP contribution in [0.25, 0.3) is 11.1 Å². The number of rotatable bonds is 2. The van der Waals surface area contributed by atoms with Crippen LogP contribution in [0, 0.1) is 0 Å². The van der Waals surface area contributed by atoms with Gasteiger partial charge in [-0.15, -0.1) is 0 Å². The number of hydrogen-bond donors (Lipinski definition) is 1. The first-order chi connectivity index (χ1) is 10.3. The highest BCUT2D eigenvalue weighted by Crippen LogP contribution is 2.24. The summed E-state index contributed by atoms with van der Waals surface area (Å²) in [5.41, 5.74) is 2.67. The summed E-state index contributed by atoms with van der Waals surface area (Å²) >= 11 is 0. The molecular weight excluding hydrogens is 262 g/mol. The molecule has 0 radical (unpaired) electrons. The maximum atomic E-state index is 12.9. The molecule has 1 aromatic heterocycles. The second-order valence-corrected chi connectivity index (χ2v) is 5.34. The van der Waals surface area contributed by atoms with E-state index in [2.05, 4.69) is 17.2 Å². The maximum absolute atomic E-state index is 12.9.